The Kier molecular flexibility index (Phi) is 4.24. The Balaban J connectivity index is 2.34. The smallest absolute Gasteiger partial charge is 0.224 e. The van der Waals surface area contributed by atoms with Crippen LogP contribution in [0.1, 0.15) is 12.0 Å². The average Bonchev–Trinajstić information content (AvgIpc) is 2.38. The molecule has 0 unspecified atom stereocenters. The number of anilines is 3. The number of nitrogens with zero attached hydrogens (tertiary/aromatic N) is 1. The van der Waals surface area contributed by atoms with E-state index >= 15 is 0 Å². The predicted octanol–water partition coefficient (Wildman–Crippen LogP) is -0.0555. The van der Waals surface area contributed by atoms with Gasteiger partial charge < -0.3 is 26.2 Å². The minimum absolute atomic E-state index is 0.000845. The number of nitrogens with two attached hydrogens (primary N) is 1. The molecule has 1 amide bonds. The van der Waals surface area contributed by atoms with Crippen molar-refractivity contribution in [2.75, 3.05) is 42.3 Å². The number of carbonyl (C=O) groups excluding carboxylic acids is 1. The average molecular weight is 265 g/mol. The molecule has 0 aliphatic carbocycles. The fraction of sp³-hybridized carbons (Fsp3) is 0.462. The SMILES string of the molecule is Nc1cc2c(cc1N(CCO)CCO)NC(=O)CC2. The quantitative estimate of drug-likeness (QED) is 0.559. The normalized spacial score (nSPS) is 13.9. The lowest BCUT2D eigenvalue weighted by molar-refractivity contribution is -0.116. The van der Waals surface area contributed by atoms with Gasteiger partial charge in [-0.2, -0.15) is 0 Å². The topological polar surface area (TPSA) is 98.8 Å². The third-order valence-corrected chi connectivity index (χ3v) is 3.23. The van der Waals surface area contributed by atoms with Gasteiger partial charge in [0.1, 0.15) is 0 Å². The van der Waals surface area contributed by atoms with Crippen molar-refractivity contribution in [1.82, 2.24) is 0 Å². The van der Waals surface area contributed by atoms with Gasteiger partial charge in [-0.3, -0.25) is 4.79 Å². The van der Waals surface area contributed by atoms with E-state index in [1.807, 2.05) is 12.1 Å². The lowest BCUT2D eigenvalue weighted by atomic mass is 10.0. The Labute approximate surface area is 111 Å². The molecule has 0 aromatic heterocycles. The number of fused-ring (bicyclic) bond motifs is 1. The van der Waals surface area contributed by atoms with Crippen molar-refractivity contribution in [2.24, 2.45) is 0 Å². The van der Waals surface area contributed by atoms with Crippen LogP contribution in [-0.2, 0) is 11.2 Å². The molecule has 0 saturated carbocycles. The number of aliphatic hydroxyl groups is 2. The van der Waals surface area contributed by atoms with E-state index in [-0.39, 0.29) is 19.1 Å². The number of nitrogens with one attached hydrogen (secondary N) is 1. The number of amides is 1. The molecule has 0 spiro atoms. The Hall–Kier alpha value is -1.79. The number of aryl methyl sites for hydroxylation is 1. The second kappa shape index (κ2) is 5.90. The molecule has 1 heterocycles. The number of hydrogen-bond acceptors (Lipinski definition) is 5. The summed E-state index contributed by atoms with van der Waals surface area (Å²) in [6.07, 6.45) is 1.16. The van der Waals surface area contributed by atoms with Crippen molar-refractivity contribution < 1.29 is 15.0 Å². The van der Waals surface area contributed by atoms with Crippen LogP contribution in [0.5, 0.6) is 0 Å². The van der Waals surface area contributed by atoms with Crippen molar-refractivity contribution in [3.63, 3.8) is 0 Å². The van der Waals surface area contributed by atoms with E-state index in [1.54, 1.807) is 4.90 Å². The summed E-state index contributed by atoms with van der Waals surface area (Å²) >= 11 is 0. The zero-order chi connectivity index (χ0) is 13.8. The highest BCUT2D eigenvalue weighted by molar-refractivity contribution is 5.95. The molecule has 0 bridgehead atoms. The minimum Gasteiger partial charge on any atom is -0.397 e. The van der Waals surface area contributed by atoms with E-state index in [9.17, 15) is 4.79 Å². The largest absolute Gasteiger partial charge is 0.397 e. The van der Waals surface area contributed by atoms with Crippen LogP contribution < -0.4 is 16.0 Å². The summed E-state index contributed by atoms with van der Waals surface area (Å²) in [4.78, 5) is 13.2. The molecular formula is C13H19N3O3. The van der Waals surface area contributed by atoms with Gasteiger partial charge in [-0.25, -0.2) is 0 Å². The van der Waals surface area contributed by atoms with Gasteiger partial charge in [0, 0.05) is 25.2 Å². The molecule has 6 nitrogen and oxygen atoms in total. The molecule has 1 aromatic rings. The van der Waals surface area contributed by atoms with Gasteiger partial charge in [-0.15, -0.1) is 0 Å². The van der Waals surface area contributed by atoms with Crippen molar-refractivity contribution >= 4 is 23.0 Å². The van der Waals surface area contributed by atoms with Crippen LogP contribution >= 0.6 is 0 Å². The lowest BCUT2D eigenvalue weighted by Crippen LogP contribution is -2.31. The first-order chi connectivity index (χ1) is 9.15. The highest BCUT2D eigenvalue weighted by atomic mass is 16.3. The van der Waals surface area contributed by atoms with Gasteiger partial charge in [-0.05, 0) is 24.1 Å². The van der Waals surface area contributed by atoms with Crippen molar-refractivity contribution in [3.8, 4) is 0 Å². The zero-order valence-electron chi connectivity index (χ0n) is 10.7. The molecule has 0 fully saturated rings. The molecule has 1 aromatic carbocycles. The molecule has 5 N–H and O–H groups in total. The summed E-state index contributed by atoms with van der Waals surface area (Å²) in [6, 6.07) is 3.67. The van der Waals surface area contributed by atoms with E-state index < -0.39 is 0 Å². The molecular weight excluding hydrogens is 246 g/mol. The molecule has 1 aliphatic rings. The van der Waals surface area contributed by atoms with E-state index in [4.69, 9.17) is 15.9 Å². The molecule has 1 aliphatic heterocycles. The van der Waals surface area contributed by atoms with E-state index in [2.05, 4.69) is 5.32 Å². The summed E-state index contributed by atoms with van der Waals surface area (Å²) in [6.45, 7) is 0.723. The Morgan fingerprint density at radius 1 is 1.21 bits per heavy atom. The highest BCUT2D eigenvalue weighted by Crippen LogP contribution is 2.33. The van der Waals surface area contributed by atoms with Crippen molar-refractivity contribution in [1.29, 1.82) is 0 Å². The Morgan fingerprint density at radius 3 is 2.53 bits per heavy atom. The summed E-state index contributed by atoms with van der Waals surface area (Å²) in [7, 11) is 0. The second-order valence-electron chi connectivity index (χ2n) is 4.55. The summed E-state index contributed by atoms with van der Waals surface area (Å²) < 4.78 is 0. The predicted molar refractivity (Wildman–Crippen MR) is 74.2 cm³/mol. The minimum atomic E-state index is -0.0249. The molecule has 0 atom stereocenters. The van der Waals surface area contributed by atoms with Crippen LogP contribution in [0.3, 0.4) is 0 Å². The van der Waals surface area contributed by atoms with E-state index in [0.717, 1.165) is 16.9 Å². The van der Waals surface area contributed by atoms with E-state index in [1.165, 1.54) is 0 Å². The van der Waals surface area contributed by atoms with Crippen LogP contribution in [0.4, 0.5) is 17.1 Å². The van der Waals surface area contributed by atoms with Crippen molar-refractivity contribution in [2.45, 2.75) is 12.8 Å². The summed E-state index contributed by atoms with van der Waals surface area (Å²) in [5.41, 5.74) is 9.13. The number of hydrogen-bond donors (Lipinski definition) is 4. The number of benzene rings is 1. The number of aliphatic hydroxyl groups excluding tert-OH is 2. The molecule has 104 valence electrons. The fourth-order valence-corrected chi connectivity index (χ4v) is 2.30. The number of rotatable bonds is 5. The lowest BCUT2D eigenvalue weighted by Gasteiger charge is -2.27. The number of nitrogen functional groups attached to an aromatic ring is 1. The standard InChI is InChI=1S/C13H19N3O3/c14-10-7-9-1-2-13(19)15-11(9)8-12(10)16(3-5-17)4-6-18/h7-8,17-18H,1-6,14H2,(H,15,19). The molecule has 2 rings (SSSR count). The van der Waals surface area contributed by atoms with Gasteiger partial charge in [0.05, 0.1) is 24.6 Å². The van der Waals surface area contributed by atoms with Gasteiger partial charge in [0.15, 0.2) is 0 Å². The van der Waals surface area contributed by atoms with Gasteiger partial charge in [0.2, 0.25) is 5.91 Å². The summed E-state index contributed by atoms with van der Waals surface area (Å²) in [5.74, 6) is -0.000845. The van der Waals surface area contributed by atoms with Crippen LogP contribution in [0.25, 0.3) is 0 Å². The molecule has 19 heavy (non-hydrogen) atoms. The first kappa shape index (κ1) is 13.6. The zero-order valence-corrected chi connectivity index (χ0v) is 10.7. The second-order valence-corrected chi connectivity index (χ2v) is 4.55. The van der Waals surface area contributed by atoms with E-state index in [0.29, 0.717) is 31.6 Å². The Bertz CT molecular complexity index is 470. The highest BCUT2D eigenvalue weighted by Gasteiger charge is 2.18. The summed E-state index contributed by atoms with van der Waals surface area (Å²) in [5, 5.41) is 20.9. The third-order valence-electron chi connectivity index (χ3n) is 3.23. The van der Waals surface area contributed by atoms with Gasteiger partial charge in [0.25, 0.3) is 0 Å². The van der Waals surface area contributed by atoms with Crippen LogP contribution in [0.15, 0.2) is 12.1 Å². The first-order valence-corrected chi connectivity index (χ1v) is 6.34. The molecule has 6 heteroatoms. The van der Waals surface area contributed by atoms with Crippen molar-refractivity contribution in [3.05, 3.63) is 17.7 Å². The maximum absolute atomic E-state index is 11.4. The maximum Gasteiger partial charge on any atom is 0.224 e. The maximum atomic E-state index is 11.4. The Morgan fingerprint density at radius 2 is 1.89 bits per heavy atom. The fourth-order valence-electron chi connectivity index (χ4n) is 2.30. The third kappa shape index (κ3) is 2.97. The van der Waals surface area contributed by atoms with Crippen LogP contribution in [0, 0.1) is 0 Å². The van der Waals surface area contributed by atoms with Gasteiger partial charge in [-0.1, -0.05) is 0 Å². The van der Waals surface area contributed by atoms with Crippen LogP contribution in [-0.4, -0.2) is 42.4 Å². The van der Waals surface area contributed by atoms with Gasteiger partial charge >= 0.3 is 0 Å². The molecule has 0 saturated heterocycles. The monoisotopic (exact) mass is 265 g/mol. The first-order valence-electron chi connectivity index (χ1n) is 6.34. The molecule has 0 radical (unpaired) electrons. The van der Waals surface area contributed by atoms with Crippen LogP contribution in [0.2, 0.25) is 0 Å². The number of carbonyl (C=O) groups is 1.